The van der Waals surface area contributed by atoms with Crippen molar-refractivity contribution >= 4 is 11.6 Å². The zero-order valence-corrected chi connectivity index (χ0v) is 11.2. The highest BCUT2D eigenvalue weighted by Crippen LogP contribution is 2.21. The molecule has 3 rings (SSSR count). The molecule has 0 aliphatic heterocycles. The summed E-state index contributed by atoms with van der Waals surface area (Å²) in [6, 6.07) is 7.76. The van der Waals surface area contributed by atoms with E-state index in [0.29, 0.717) is 12.3 Å². The first-order valence-electron chi connectivity index (χ1n) is 6.86. The highest BCUT2D eigenvalue weighted by Gasteiger charge is 2.13. The predicted molar refractivity (Wildman–Crippen MR) is 78.7 cm³/mol. The fraction of sp³-hybridized carbons (Fsp3) is 0.250. The number of rotatable bonds is 4. The number of hydrogen-bond donors (Lipinski definition) is 1. The normalized spacial score (nSPS) is 17.3. The average molecular weight is 267 g/mol. The number of anilines is 1. The van der Waals surface area contributed by atoms with Gasteiger partial charge >= 0.3 is 0 Å². The number of nitrogens with one attached hydrogen (secondary N) is 1. The van der Waals surface area contributed by atoms with Gasteiger partial charge in [0.2, 0.25) is 5.91 Å². The van der Waals surface area contributed by atoms with Crippen molar-refractivity contribution < 1.29 is 4.79 Å². The van der Waals surface area contributed by atoms with Crippen LogP contribution in [0.15, 0.2) is 55.1 Å². The summed E-state index contributed by atoms with van der Waals surface area (Å²) < 4.78 is 1.93. The Balaban J connectivity index is 1.60. The summed E-state index contributed by atoms with van der Waals surface area (Å²) >= 11 is 0. The number of carbonyl (C=O) groups is 1. The van der Waals surface area contributed by atoms with Crippen LogP contribution < -0.4 is 5.32 Å². The second-order valence-corrected chi connectivity index (χ2v) is 5.03. The summed E-state index contributed by atoms with van der Waals surface area (Å²) in [4.78, 5) is 15.9. The minimum atomic E-state index is 0.0805. The van der Waals surface area contributed by atoms with Crippen LogP contribution in [0.1, 0.15) is 19.3 Å². The van der Waals surface area contributed by atoms with Gasteiger partial charge in [-0.25, -0.2) is 4.98 Å². The average Bonchev–Trinajstić information content (AvgIpc) is 3.12. The quantitative estimate of drug-likeness (QED) is 0.865. The summed E-state index contributed by atoms with van der Waals surface area (Å²) in [6.07, 6.45) is 12.4. The van der Waals surface area contributed by atoms with Crippen LogP contribution in [0.25, 0.3) is 5.69 Å². The van der Waals surface area contributed by atoms with Crippen LogP contribution in [0.3, 0.4) is 0 Å². The van der Waals surface area contributed by atoms with Crippen LogP contribution in [0.5, 0.6) is 0 Å². The number of nitrogens with zero attached hydrogens (tertiary/aromatic N) is 2. The number of allylic oxidation sites excluding steroid dienone is 2. The van der Waals surface area contributed by atoms with Crippen molar-refractivity contribution in [3.05, 3.63) is 55.1 Å². The zero-order valence-electron chi connectivity index (χ0n) is 11.2. The van der Waals surface area contributed by atoms with E-state index in [9.17, 15) is 4.79 Å². The molecule has 1 N–H and O–H groups in total. The van der Waals surface area contributed by atoms with Crippen molar-refractivity contribution in [1.82, 2.24) is 9.55 Å². The van der Waals surface area contributed by atoms with Crippen LogP contribution in [0, 0.1) is 5.92 Å². The van der Waals surface area contributed by atoms with Crippen LogP contribution in [0.4, 0.5) is 5.69 Å². The maximum absolute atomic E-state index is 11.9. The SMILES string of the molecule is O=C(CC1C=CCC1)Nc1ccc(-n2ccnc2)cc1. The Kier molecular flexibility index (Phi) is 3.63. The third-order valence-corrected chi connectivity index (χ3v) is 3.51. The van der Waals surface area contributed by atoms with Gasteiger partial charge in [0.25, 0.3) is 0 Å². The van der Waals surface area contributed by atoms with Crippen LogP contribution >= 0.6 is 0 Å². The molecule has 4 heteroatoms. The third-order valence-electron chi connectivity index (χ3n) is 3.51. The standard InChI is InChI=1S/C16H17N3O/c20-16(11-13-3-1-2-4-13)18-14-5-7-15(8-6-14)19-10-9-17-12-19/h1,3,5-10,12-13H,2,4,11H2,(H,18,20). The van der Waals surface area contributed by atoms with Crippen molar-refractivity contribution in [1.29, 1.82) is 0 Å². The molecule has 102 valence electrons. The molecule has 1 atom stereocenters. The summed E-state index contributed by atoms with van der Waals surface area (Å²) in [6.45, 7) is 0. The molecule has 0 spiro atoms. The first-order valence-corrected chi connectivity index (χ1v) is 6.86. The van der Waals surface area contributed by atoms with Crippen molar-refractivity contribution in [3.8, 4) is 5.69 Å². The van der Waals surface area contributed by atoms with Crippen molar-refractivity contribution in [3.63, 3.8) is 0 Å². The van der Waals surface area contributed by atoms with E-state index >= 15 is 0 Å². The molecule has 1 heterocycles. The van der Waals surface area contributed by atoms with E-state index in [1.165, 1.54) is 0 Å². The summed E-state index contributed by atoms with van der Waals surface area (Å²) in [5, 5.41) is 2.94. The fourth-order valence-electron chi connectivity index (χ4n) is 2.44. The highest BCUT2D eigenvalue weighted by molar-refractivity contribution is 5.91. The van der Waals surface area contributed by atoms with Gasteiger partial charge < -0.3 is 9.88 Å². The van der Waals surface area contributed by atoms with E-state index in [2.05, 4.69) is 22.5 Å². The van der Waals surface area contributed by atoms with Gasteiger partial charge in [-0.3, -0.25) is 4.79 Å². The van der Waals surface area contributed by atoms with Crippen LogP contribution in [-0.4, -0.2) is 15.5 Å². The van der Waals surface area contributed by atoms with E-state index < -0.39 is 0 Å². The van der Waals surface area contributed by atoms with Crippen molar-refractivity contribution in [2.45, 2.75) is 19.3 Å². The highest BCUT2D eigenvalue weighted by atomic mass is 16.1. The lowest BCUT2D eigenvalue weighted by molar-refractivity contribution is -0.116. The Morgan fingerprint density at radius 1 is 1.35 bits per heavy atom. The van der Waals surface area contributed by atoms with E-state index in [1.807, 2.05) is 35.0 Å². The summed E-state index contributed by atoms with van der Waals surface area (Å²) in [5.74, 6) is 0.483. The largest absolute Gasteiger partial charge is 0.326 e. The van der Waals surface area contributed by atoms with Gasteiger partial charge in [-0.15, -0.1) is 0 Å². The number of aromatic nitrogens is 2. The van der Waals surface area contributed by atoms with E-state index in [0.717, 1.165) is 24.2 Å². The Hall–Kier alpha value is -2.36. The second-order valence-electron chi connectivity index (χ2n) is 5.03. The van der Waals surface area contributed by atoms with Gasteiger partial charge in [0, 0.05) is 30.2 Å². The number of hydrogen-bond acceptors (Lipinski definition) is 2. The maximum Gasteiger partial charge on any atom is 0.224 e. The molecule has 1 aromatic carbocycles. The van der Waals surface area contributed by atoms with Gasteiger partial charge in [-0.05, 0) is 43.0 Å². The van der Waals surface area contributed by atoms with Gasteiger partial charge in [0.1, 0.15) is 0 Å². The second kappa shape index (κ2) is 5.74. The molecule has 20 heavy (non-hydrogen) atoms. The molecular weight excluding hydrogens is 250 g/mol. The molecular formula is C16H17N3O. The molecule has 1 aliphatic carbocycles. The lowest BCUT2D eigenvalue weighted by atomic mass is 10.1. The third kappa shape index (κ3) is 2.96. The number of amides is 1. The van der Waals surface area contributed by atoms with E-state index in [-0.39, 0.29) is 5.91 Å². The van der Waals surface area contributed by atoms with Crippen LogP contribution in [-0.2, 0) is 4.79 Å². The van der Waals surface area contributed by atoms with E-state index in [1.54, 1.807) is 12.5 Å². The fourth-order valence-corrected chi connectivity index (χ4v) is 2.44. The van der Waals surface area contributed by atoms with Gasteiger partial charge in [0.05, 0.1) is 6.33 Å². The molecule has 1 aromatic heterocycles. The van der Waals surface area contributed by atoms with Crippen molar-refractivity contribution in [2.24, 2.45) is 5.92 Å². The molecule has 0 saturated heterocycles. The first-order chi connectivity index (χ1) is 9.81. The molecule has 0 fully saturated rings. The molecule has 1 aliphatic rings. The lowest BCUT2D eigenvalue weighted by Gasteiger charge is -2.09. The molecule has 0 saturated carbocycles. The smallest absolute Gasteiger partial charge is 0.224 e. The molecule has 4 nitrogen and oxygen atoms in total. The molecule has 1 unspecified atom stereocenters. The maximum atomic E-state index is 11.9. The first kappa shape index (κ1) is 12.7. The Labute approximate surface area is 118 Å². The number of benzene rings is 1. The molecule has 1 amide bonds. The zero-order chi connectivity index (χ0) is 13.8. The Bertz CT molecular complexity index is 599. The topological polar surface area (TPSA) is 46.9 Å². The molecule has 0 radical (unpaired) electrons. The number of carbonyl (C=O) groups excluding carboxylic acids is 1. The minimum Gasteiger partial charge on any atom is -0.326 e. The minimum absolute atomic E-state index is 0.0805. The Morgan fingerprint density at radius 3 is 2.85 bits per heavy atom. The Morgan fingerprint density at radius 2 is 2.20 bits per heavy atom. The van der Waals surface area contributed by atoms with Crippen LogP contribution in [0.2, 0.25) is 0 Å². The van der Waals surface area contributed by atoms with E-state index in [4.69, 9.17) is 0 Å². The van der Waals surface area contributed by atoms with Gasteiger partial charge in [-0.2, -0.15) is 0 Å². The molecule has 2 aromatic rings. The predicted octanol–water partition coefficient (Wildman–Crippen LogP) is 3.17. The monoisotopic (exact) mass is 267 g/mol. The molecule has 0 bridgehead atoms. The summed E-state index contributed by atoms with van der Waals surface area (Å²) in [5.41, 5.74) is 1.86. The summed E-state index contributed by atoms with van der Waals surface area (Å²) in [7, 11) is 0. The van der Waals surface area contributed by atoms with Crippen molar-refractivity contribution in [2.75, 3.05) is 5.32 Å². The lowest BCUT2D eigenvalue weighted by Crippen LogP contribution is -2.14. The van der Waals surface area contributed by atoms with Gasteiger partial charge in [0.15, 0.2) is 0 Å². The number of imidazole rings is 1. The van der Waals surface area contributed by atoms with Gasteiger partial charge in [-0.1, -0.05) is 12.2 Å².